The maximum Gasteiger partial charge on any atom is 0.311 e. The van der Waals surface area contributed by atoms with Crippen molar-refractivity contribution < 1.29 is 14.8 Å². The first kappa shape index (κ1) is 20.4. The smallest absolute Gasteiger partial charge is 0.311 e. The van der Waals surface area contributed by atoms with Gasteiger partial charge < -0.3 is 15.2 Å². The number of pyridine rings is 2. The Labute approximate surface area is 182 Å². The minimum atomic E-state index is -0.705. The molecule has 0 spiro atoms. The van der Waals surface area contributed by atoms with Gasteiger partial charge in [0.25, 0.3) is 0 Å². The molecule has 2 N–H and O–H groups in total. The summed E-state index contributed by atoms with van der Waals surface area (Å²) in [5.41, 5.74) is 1.05. The average molecular weight is 437 g/mol. The molecule has 0 aliphatic heterocycles. The second-order valence-electron chi connectivity index (χ2n) is 6.68. The van der Waals surface area contributed by atoms with Gasteiger partial charge in [-0.2, -0.15) is 0 Å². The normalized spacial score (nSPS) is 11.8. The fourth-order valence-electron chi connectivity index (χ4n) is 3.39. The number of hydrogen-bond acceptors (Lipinski definition) is 7. The number of aromatic nitrogens is 2. The number of nitro groups is 1. The number of aromatic hydroxyl groups is 1. The standard InChI is InChI=1S/C22H17ClN4O4/c1-31-18-8-7-13(11-17(18)27(29)30)20(26-19-6-2-3-9-24-19)15-12-16(23)14-5-4-10-25-21(14)22(15)28/h2-12,20,28H,1H3,(H,24,26)/t20-/m1/s1. The number of ether oxygens (including phenoxy) is 1. The van der Waals surface area contributed by atoms with Crippen LogP contribution in [0.1, 0.15) is 17.2 Å². The van der Waals surface area contributed by atoms with Gasteiger partial charge in [0.15, 0.2) is 5.75 Å². The highest BCUT2D eigenvalue weighted by atomic mass is 35.5. The Morgan fingerprint density at radius 1 is 1.13 bits per heavy atom. The van der Waals surface area contributed by atoms with E-state index in [4.69, 9.17) is 16.3 Å². The Morgan fingerprint density at radius 2 is 1.94 bits per heavy atom. The number of anilines is 1. The highest BCUT2D eigenvalue weighted by Gasteiger charge is 2.25. The van der Waals surface area contributed by atoms with Crippen molar-refractivity contribution in [1.82, 2.24) is 9.97 Å². The second-order valence-corrected chi connectivity index (χ2v) is 7.08. The number of nitrogens with one attached hydrogen (secondary N) is 1. The number of nitrogens with zero attached hydrogens (tertiary/aromatic N) is 3. The number of methoxy groups -OCH3 is 1. The molecule has 2 aromatic heterocycles. The number of phenols is 1. The van der Waals surface area contributed by atoms with Gasteiger partial charge in [0.1, 0.15) is 17.1 Å². The van der Waals surface area contributed by atoms with Crippen LogP contribution in [0, 0.1) is 10.1 Å². The molecule has 4 rings (SSSR count). The van der Waals surface area contributed by atoms with E-state index < -0.39 is 11.0 Å². The van der Waals surface area contributed by atoms with Crippen molar-refractivity contribution in [1.29, 1.82) is 0 Å². The van der Waals surface area contributed by atoms with Crippen molar-refractivity contribution >= 4 is 34.0 Å². The first-order valence-corrected chi connectivity index (χ1v) is 9.63. The zero-order valence-corrected chi connectivity index (χ0v) is 17.1. The van der Waals surface area contributed by atoms with Crippen LogP contribution in [0.25, 0.3) is 10.9 Å². The maximum atomic E-state index is 11.6. The zero-order chi connectivity index (χ0) is 22.0. The molecule has 156 valence electrons. The van der Waals surface area contributed by atoms with E-state index in [9.17, 15) is 15.2 Å². The molecule has 31 heavy (non-hydrogen) atoms. The van der Waals surface area contributed by atoms with E-state index in [0.29, 0.717) is 32.9 Å². The summed E-state index contributed by atoms with van der Waals surface area (Å²) in [6.07, 6.45) is 3.17. The summed E-state index contributed by atoms with van der Waals surface area (Å²) in [6.45, 7) is 0. The van der Waals surface area contributed by atoms with Gasteiger partial charge in [-0.3, -0.25) is 15.1 Å². The molecule has 1 atom stereocenters. The third-order valence-electron chi connectivity index (χ3n) is 4.85. The molecular formula is C22H17ClN4O4. The zero-order valence-electron chi connectivity index (χ0n) is 16.3. The first-order chi connectivity index (χ1) is 15.0. The van der Waals surface area contributed by atoms with E-state index in [1.807, 2.05) is 0 Å². The molecule has 0 unspecified atom stereocenters. The summed E-state index contributed by atoms with van der Waals surface area (Å²) in [5, 5.41) is 26.8. The van der Waals surface area contributed by atoms with Gasteiger partial charge in [-0.05, 0) is 42.0 Å². The number of nitro benzene ring substituents is 1. The van der Waals surface area contributed by atoms with E-state index in [-0.39, 0.29) is 17.2 Å². The Kier molecular flexibility index (Phi) is 5.55. The Bertz CT molecular complexity index is 1270. The molecule has 0 fully saturated rings. The number of benzene rings is 2. The highest BCUT2D eigenvalue weighted by molar-refractivity contribution is 6.35. The Balaban J connectivity index is 1.93. The lowest BCUT2D eigenvalue weighted by molar-refractivity contribution is -0.385. The highest BCUT2D eigenvalue weighted by Crippen LogP contribution is 2.41. The van der Waals surface area contributed by atoms with Crippen LogP contribution in [0.4, 0.5) is 11.5 Å². The van der Waals surface area contributed by atoms with E-state index >= 15 is 0 Å². The van der Waals surface area contributed by atoms with E-state index in [1.165, 1.54) is 19.2 Å². The van der Waals surface area contributed by atoms with Gasteiger partial charge in [-0.25, -0.2) is 4.98 Å². The largest absolute Gasteiger partial charge is 0.505 e. The third-order valence-corrected chi connectivity index (χ3v) is 5.16. The third kappa shape index (κ3) is 3.93. The van der Waals surface area contributed by atoms with Crippen LogP contribution in [0.3, 0.4) is 0 Å². The number of hydrogen-bond donors (Lipinski definition) is 2. The molecule has 0 amide bonds. The van der Waals surface area contributed by atoms with Crippen LogP contribution in [0.15, 0.2) is 67.0 Å². The predicted molar refractivity (Wildman–Crippen MR) is 118 cm³/mol. The number of halogens is 1. The summed E-state index contributed by atoms with van der Waals surface area (Å²) in [4.78, 5) is 19.6. The van der Waals surface area contributed by atoms with E-state index in [1.54, 1.807) is 54.9 Å². The minimum Gasteiger partial charge on any atom is -0.505 e. The molecule has 0 aliphatic carbocycles. The second kappa shape index (κ2) is 8.45. The van der Waals surface area contributed by atoms with Gasteiger partial charge in [-0.15, -0.1) is 0 Å². The summed E-state index contributed by atoms with van der Waals surface area (Å²) < 4.78 is 5.11. The van der Waals surface area contributed by atoms with E-state index in [2.05, 4.69) is 15.3 Å². The fraction of sp³-hybridized carbons (Fsp3) is 0.0909. The molecule has 8 nitrogen and oxygen atoms in total. The van der Waals surface area contributed by atoms with Gasteiger partial charge in [0.2, 0.25) is 0 Å². The van der Waals surface area contributed by atoms with Crippen LogP contribution in [0.2, 0.25) is 5.02 Å². The van der Waals surface area contributed by atoms with Crippen molar-refractivity contribution in [2.24, 2.45) is 0 Å². The van der Waals surface area contributed by atoms with Crippen LogP contribution in [0.5, 0.6) is 11.5 Å². The Hall–Kier alpha value is -3.91. The number of phenolic OH excluding ortho intramolecular Hbond substituents is 1. The molecule has 0 saturated carbocycles. The summed E-state index contributed by atoms with van der Waals surface area (Å²) >= 11 is 6.48. The Morgan fingerprint density at radius 3 is 2.65 bits per heavy atom. The molecule has 0 saturated heterocycles. The number of rotatable bonds is 6. The lowest BCUT2D eigenvalue weighted by Gasteiger charge is -2.22. The van der Waals surface area contributed by atoms with Crippen molar-refractivity contribution in [3.05, 3.63) is 93.3 Å². The molecule has 2 heterocycles. The van der Waals surface area contributed by atoms with Crippen molar-refractivity contribution in [3.8, 4) is 11.5 Å². The molecule has 0 bridgehead atoms. The van der Waals surface area contributed by atoms with Gasteiger partial charge in [0, 0.05) is 29.4 Å². The number of fused-ring (bicyclic) bond motifs is 1. The minimum absolute atomic E-state index is 0.0769. The van der Waals surface area contributed by atoms with Crippen LogP contribution >= 0.6 is 11.6 Å². The molecule has 9 heteroatoms. The average Bonchev–Trinajstić information content (AvgIpc) is 2.80. The maximum absolute atomic E-state index is 11.6. The SMILES string of the molecule is COc1ccc([C@@H](Nc2ccccn2)c2cc(Cl)c3cccnc3c2O)cc1[N+](=O)[O-]. The van der Waals surface area contributed by atoms with Crippen LogP contribution in [-0.4, -0.2) is 27.1 Å². The van der Waals surface area contributed by atoms with Crippen molar-refractivity contribution in [2.75, 3.05) is 12.4 Å². The topological polar surface area (TPSA) is 110 Å². The molecular weight excluding hydrogens is 420 g/mol. The molecule has 2 aromatic carbocycles. The summed E-state index contributed by atoms with van der Waals surface area (Å²) in [7, 11) is 1.37. The first-order valence-electron chi connectivity index (χ1n) is 9.25. The van der Waals surface area contributed by atoms with Gasteiger partial charge in [-0.1, -0.05) is 23.7 Å². The lowest BCUT2D eigenvalue weighted by Crippen LogP contribution is -2.14. The van der Waals surface area contributed by atoms with Crippen molar-refractivity contribution in [2.45, 2.75) is 6.04 Å². The summed E-state index contributed by atoms with van der Waals surface area (Å²) in [6, 6.07) is 14.3. The monoisotopic (exact) mass is 436 g/mol. The predicted octanol–water partition coefficient (Wildman–Crippen LogP) is 5.11. The lowest BCUT2D eigenvalue weighted by atomic mass is 9.95. The summed E-state index contributed by atoms with van der Waals surface area (Å²) in [5.74, 6) is 0.572. The van der Waals surface area contributed by atoms with Gasteiger partial charge >= 0.3 is 5.69 Å². The quantitative estimate of drug-likeness (QED) is 0.319. The van der Waals surface area contributed by atoms with Crippen molar-refractivity contribution in [3.63, 3.8) is 0 Å². The van der Waals surface area contributed by atoms with Crippen LogP contribution < -0.4 is 10.1 Å². The molecule has 0 aliphatic rings. The van der Waals surface area contributed by atoms with Gasteiger partial charge in [0.05, 0.1) is 23.1 Å². The van der Waals surface area contributed by atoms with E-state index in [0.717, 1.165) is 0 Å². The molecule has 0 radical (unpaired) electrons. The molecule has 4 aromatic rings. The fourth-order valence-corrected chi connectivity index (χ4v) is 3.66. The van der Waals surface area contributed by atoms with Crippen LogP contribution in [-0.2, 0) is 0 Å².